The molecule has 7 heteroatoms. The molecule has 0 heterocycles. The summed E-state index contributed by atoms with van der Waals surface area (Å²) in [6.07, 6.45) is -4.34. The molecule has 2 aromatic rings. The van der Waals surface area contributed by atoms with Crippen LogP contribution in [-0.2, 0) is 6.42 Å². The molecule has 144 valence electrons. The van der Waals surface area contributed by atoms with Gasteiger partial charge in [0, 0.05) is 5.56 Å². The van der Waals surface area contributed by atoms with Crippen LogP contribution in [0, 0.1) is 5.41 Å². The molecule has 0 bridgehead atoms. The third kappa shape index (κ3) is 4.18. The van der Waals surface area contributed by atoms with Crippen LogP contribution in [0.3, 0.4) is 0 Å². The van der Waals surface area contributed by atoms with Gasteiger partial charge in [0.15, 0.2) is 0 Å². The van der Waals surface area contributed by atoms with Gasteiger partial charge in [-0.05, 0) is 47.1 Å². The molecule has 0 saturated heterocycles. The Bertz CT molecular complexity index is 862. The average Bonchev–Trinajstić information content (AvgIpc) is 2.56. The Labute approximate surface area is 155 Å². The first kappa shape index (κ1) is 19.1. The SMILES string of the molecule is CC1(C)CCc2ccc(-c3ccccc3OC(F)(F)F)cc2[C@H]1NC(=O)O. The van der Waals surface area contributed by atoms with E-state index in [4.69, 9.17) is 0 Å². The van der Waals surface area contributed by atoms with E-state index >= 15 is 0 Å². The molecule has 2 N–H and O–H groups in total. The first-order valence-corrected chi connectivity index (χ1v) is 8.54. The summed E-state index contributed by atoms with van der Waals surface area (Å²) in [6, 6.07) is 10.8. The van der Waals surface area contributed by atoms with Crippen LogP contribution >= 0.6 is 0 Å². The van der Waals surface area contributed by atoms with E-state index in [1.807, 2.05) is 19.9 Å². The second kappa shape index (κ2) is 6.79. The Kier molecular flexibility index (Phi) is 4.80. The molecule has 4 nitrogen and oxygen atoms in total. The van der Waals surface area contributed by atoms with Gasteiger partial charge in [0.05, 0.1) is 6.04 Å². The number of alkyl halides is 3. The van der Waals surface area contributed by atoms with Crippen molar-refractivity contribution < 1.29 is 27.8 Å². The Morgan fingerprint density at radius 3 is 2.59 bits per heavy atom. The minimum Gasteiger partial charge on any atom is -0.465 e. The van der Waals surface area contributed by atoms with E-state index in [2.05, 4.69) is 10.1 Å². The fourth-order valence-electron chi connectivity index (χ4n) is 3.60. The molecule has 0 radical (unpaired) electrons. The zero-order chi connectivity index (χ0) is 19.8. The number of benzene rings is 2. The zero-order valence-electron chi connectivity index (χ0n) is 14.9. The number of carbonyl (C=O) groups is 1. The molecule has 1 atom stereocenters. The number of fused-ring (bicyclic) bond motifs is 1. The number of aryl methyl sites for hydroxylation is 1. The van der Waals surface area contributed by atoms with Gasteiger partial charge in [0.1, 0.15) is 5.75 Å². The maximum Gasteiger partial charge on any atom is 0.573 e. The van der Waals surface area contributed by atoms with Crippen LogP contribution in [0.2, 0.25) is 0 Å². The number of carboxylic acid groups (broad SMARTS) is 1. The Balaban J connectivity index is 2.08. The minimum absolute atomic E-state index is 0.289. The van der Waals surface area contributed by atoms with E-state index in [1.165, 1.54) is 12.1 Å². The van der Waals surface area contributed by atoms with E-state index in [0.29, 0.717) is 11.1 Å². The Morgan fingerprint density at radius 1 is 1.22 bits per heavy atom. The van der Waals surface area contributed by atoms with E-state index in [9.17, 15) is 23.1 Å². The molecular weight excluding hydrogens is 359 g/mol. The number of nitrogens with one attached hydrogen (secondary N) is 1. The molecule has 2 aromatic carbocycles. The summed E-state index contributed by atoms with van der Waals surface area (Å²) in [6.45, 7) is 3.95. The lowest BCUT2D eigenvalue weighted by Crippen LogP contribution is -2.40. The molecule has 27 heavy (non-hydrogen) atoms. The van der Waals surface area contributed by atoms with Gasteiger partial charge >= 0.3 is 12.5 Å². The first-order chi connectivity index (χ1) is 12.6. The van der Waals surface area contributed by atoms with Crippen molar-refractivity contribution in [3.63, 3.8) is 0 Å². The first-order valence-electron chi connectivity index (χ1n) is 8.54. The summed E-state index contributed by atoms with van der Waals surface area (Å²) in [5, 5.41) is 11.8. The highest BCUT2D eigenvalue weighted by Gasteiger charge is 2.37. The lowest BCUT2D eigenvalue weighted by Gasteiger charge is -2.40. The average molecular weight is 379 g/mol. The lowest BCUT2D eigenvalue weighted by molar-refractivity contribution is -0.274. The smallest absolute Gasteiger partial charge is 0.465 e. The van der Waals surface area contributed by atoms with Crippen molar-refractivity contribution in [3.05, 3.63) is 53.6 Å². The van der Waals surface area contributed by atoms with Crippen molar-refractivity contribution in [2.24, 2.45) is 5.41 Å². The summed E-state index contributed by atoms with van der Waals surface area (Å²) in [5.74, 6) is -0.289. The summed E-state index contributed by atoms with van der Waals surface area (Å²) in [7, 11) is 0. The fourth-order valence-corrected chi connectivity index (χ4v) is 3.60. The number of hydrogen-bond donors (Lipinski definition) is 2. The van der Waals surface area contributed by atoms with E-state index < -0.39 is 18.5 Å². The van der Waals surface area contributed by atoms with E-state index in [-0.39, 0.29) is 11.2 Å². The predicted molar refractivity (Wildman–Crippen MR) is 94.6 cm³/mol. The number of halogens is 3. The zero-order valence-corrected chi connectivity index (χ0v) is 14.9. The Morgan fingerprint density at radius 2 is 1.93 bits per heavy atom. The van der Waals surface area contributed by atoms with Crippen molar-refractivity contribution in [2.75, 3.05) is 0 Å². The molecule has 0 aliphatic heterocycles. The van der Waals surface area contributed by atoms with E-state index in [0.717, 1.165) is 24.0 Å². The molecule has 0 spiro atoms. The third-order valence-electron chi connectivity index (χ3n) is 4.97. The van der Waals surface area contributed by atoms with Crippen LogP contribution in [0.5, 0.6) is 5.75 Å². The molecule has 0 aromatic heterocycles. The summed E-state index contributed by atoms with van der Waals surface area (Å²) in [4.78, 5) is 11.3. The normalized spacial score (nSPS) is 18.5. The maximum atomic E-state index is 12.7. The largest absolute Gasteiger partial charge is 0.573 e. The monoisotopic (exact) mass is 379 g/mol. The lowest BCUT2D eigenvalue weighted by atomic mass is 9.70. The van der Waals surface area contributed by atoms with Crippen LogP contribution in [0.4, 0.5) is 18.0 Å². The fraction of sp³-hybridized carbons (Fsp3) is 0.350. The molecular formula is C20H20F3NO3. The number of amides is 1. The highest BCUT2D eigenvalue weighted by molar-refractivity contribution is 5.72. The van der Waals surface area contributed by atoms with Gasteiger partial charge < -0.3 is 15.2 Å². The topological polar surface area (TPSA) is 58.6 Å². The molecule has 1 aliphatic carbocycles. The van der Waals surface area contributed by atoms with Gasteiger partial charge in [0.2, 0.25) is 0 Å². The minimum atomic E-state index is -4.79. The standard InChI is InChI=1S/C20H20F3NO3/c1-19(2)10-9-12-7-8-13(11-15(12)17(19)24-18(25)26)14-5-3-4-6-16(14)27-20(21,22)23/h3-8,11,17,24H,9-10H2,1-2H3,(H,25,26)/t17-/m1/s1. The van der Waals surface area contributed by atoms with Crippen LogP contribution in [-0.4, -0.2) is 17.6 Å². The highest BCUT2D eigenvalue weighted by Crippen LogP contribution is 2.45. The summed E-state index contributed by atoms with van der Waals surface area (Å²) in [5.41, 5.74) is 2.31. The number of para-hydroxylation sites is 1. The quantitative estimate of drug-likeness (QED) is 0.737. The van der Waals surface area contributed by atoms with Crippen LogP contribution in [0.1, 0.15) is 37.4 Å². The van der Waals surface area contributed by atoms with Crippen molar-refractivity contribution in [1.82, 2.24) is 5.32 Å². The Hall–Kier alpha value is -2.70. The number of hydrogen-bond acceptors (Lipinski definition) is 2. The summed E-state index contributed by atoms with van der Waals surface area (Å²) >= 11 is 0. The van der Waals surface area contributed by atoms with Crippen LogP contribution in [0.25, 0.3) is 11.1 Å². The third-order valence-corrected chi connectivity index (χ3v) is 4.97. The van der Waals surface area contributed by atoms with Crippen molar-refractivity contribution in [1.29, 1.82) is 0 Å². The number of rotatable bonds is 3. The molecule has 0 saturated carbocycles. The molecule has 1 amide bonds. The van der Waals surface area contributed by atoms with Gasteiger partial charge in [0.25, 0.3) is 0 Å². The molecule has 1 aliphatic rings. The summed E-state index contributed by atoms with van der Waals surface area (Å²) < 4.78 is 42.3. The number of ether oxygens (including phenoxy) is 1. The van der Waals surface area contributed by atoms with Gasteiger partial charge in [-0.25, -0.2) is 4.79 Å². The van der Waals surface area contributed by atoms with Crippen molar-refractivity contribution in [3.8, 4) is 16.9 Å². The van der Waals surface area contributed by atoms with E-state index in [1.54, 1.807) is 24.3 Å². The van der Waals surface area contributed by atoms with Crippen LogP contribution in [0.15, 0.2) is 42.5 Å². The molecule has 0 fully saturated rings. The molecule has 3 rings (SSSR count). The molecule has 0 unspecified atom stereocenters. The van der Waals surface area contributed by atoms with Gasteiger partial charge in [-0.1, -0.05) is 44.2 Å². The second-order valence-corrected chi connectivity index (χ2v) is 7.33. The van der Waals surface area contributed by atoms with Crippen molar-refractivity contribution in [2.45, 2.75) is 39.1 Å². The van der Waals surface area contributed by atoms with Gasteiger partial charge in [-0.2, -0.15) is 0 Å². The maximum absolute atomic E-state index is 12.7. The van der Waals surface area contributed by atoms with Gasteiger partial charge in [-0.15, -0.1) is 13.2 Å². The highest BCUT2D eigenvalue weighted by atomic mass is 19.4. The van der Waals surface area contributed by atoms with Gasteiger partial charge in [-0.3, -0.25) is 0 Å². The predicted octanol–water partition coefficient (Wildman–Crippen LogP) is 5.53. The van der Waals surface area contributed by atoms with Crippen LogP contribution < -0.4 is 10.1 Å². The second-order valence-electron chi connectivity index (χ2n) is 7.33. The van der Waals surface area contributed by atoms with Crippen molar-refractivity contribution >= 4 is 6.09 Å².